The second kappa shape index (κ2) is 8.67. The van der Waals surface area contributed by atoms with E-state index in [0.717, 1.165) is 38.3 Å². The molecule has 3 rings (SSSR count). The average molecular weight is 318 g/mol. The number of nitrogens with one attached hydrogen (secondary N) is 1. The van der Waals surface area contributed by atoms with Gasteiger partial charge >= 0.3 is 0 Å². The summed E-state index contributed by atoms with van der Waals surface area (Å²) in [7, 11) is 2.25. The van der Waals surface area contributed by atoms with E-state index in [9.17, 15) is 0 Å². The van der Waals surface area contributed by atoms with Crippen LogP contribution in [0.15, 0.2) is 24.3 Å². The van der Waals surface area contributed by atoms with E-state index in [1.54, 1.807) is 0 Å². The SMILES string of the molecule is CN(Cc1ccc(OCC2CCCO2)cc1)C1CCCNCC1. The van der Waals surface area contributed by atoms with Gasteiger partial charge in [0, 0.05) is 19.2 Å². The van der Waals surface area contributed by atoms with Crippen LogP contribution in [0.2, 0.25) is 0 Å². The highest BCUT2D eigenvalue weighted by Gasteiger charge is 2.17. The van der Waals surface area contributed by atoms with Gasteiger partial charge in [-0.2, -0.15) is 0 Å². The first-order chi connectivity index (χ1) is 11.3. The molecule has 2 heterocycles. The van der Waals surface area contributed by atoms with Crippen molar-refractivity contribution < 1.29 is 9.47 Å². The summed E-state index contributed by atoms with van der Waals surface area (Å²) < 4.78 is 11.4. The van der Waals surface area contributed by atoms with Crippen LogP contribution in [0.1, 0.15) is 37.7 Å². The van der Waals surface area contributed by atoms with Crippen LogP contribution >= 0.6 is 0 Å². The first-order valence-corrected chi connectivity index (χ1v) is 9.05. The minimum Gasteiger partial charge on any atom is -0.491 e. The monoisotopic (exact) mass is 318 g/mol. The lowest BCUT2D eigenvalue weighted by atomic mass is 10.1. The third-order valence-corrected chi connectivity index (χ3v) is 4.98. The van der Waals surface area contributed by atoms with Gasteiger partial charge in [-0.25, -0.2) is 0 Å². The van der Waals surface area contributed by atoms with Gasteiger partial charge in [-0.05, 0) is 69.9 Å². The van der Waals surface area contributed by atoms with Gasteiger partial charge < -0.3 is 14.8 Å². The molecular weight excluding hydrogens is 288 g/mol. The van der Waals surface area contributed by atoms with E-state index in [1.807, 2.05) is 0 Å². The first kappa shape index (κ1) is 16.7. The summed E-state index contributed by atoms with van der Waals surface area (Å²) in [5, 5.41) is 3.49. The van der Waals surface area contributed by atoms with Gasteiger partial charge in [0.2, 0.25) is 0 Å². The second-order valence-electron chi connectivity index (χ2n) is 6.84. The number of hydrogen-bond acceptors (Lipinski definition) is 4. The molecule has 2 fully saturated rings. The number of ether oxygens (including phenoxy) is 2. The standard InChI is InChI=1S/C19H30N2O2/c1-21(17-4-2-11-20-12-10-17)14-16-6-8-18(9-7-16)23-15-19-5-3-13-22-19/h6-9,17,19-20H,2-5,10-15H2,1H3. The van der Waals surface area contributed by atoms with Gasteiger partial charge in [0.05, 0.1) is 6.10 Å². The van der Waals surface area contributed by atoms with Crippen molar-refractivity contribution in [1.82, 2.24) is 10.2 Å². The third-order valence-electron chi connectivity index (χ3n) is 4.98. The molecule has 1 N–H and O–H groups in total. The molecule has 0 bridgehead atoms. The first-order valence-electron chi connectivity index (χ1n) is 9.05. The highest BCUT2D eigenvalue weighted by molar-refractivity contribution is 5.27. The van der Waals surface area contributed by atoms with E-state index < -0.39 is 0 Å². The van der Waals surface area contributed by atoms with Crippen molar-refractivity contribution in [1.29, 1.82) is 0 Å². The largest absolute Gasteiger partial charge is 0.491 e. The number of nitrogens with zero attached hydrogens (tertiary/aromatic N) is 1. The van der Waals surface area contributed by atoms with Crippen LogP contribution in [0.4, 0.5) is 0 Å². The van der Waals surface area contributed by atoms with Crippen molar-refractivity contribution in [2.75, 3.05) is 33.4 Å². The van der Waals surface area contributed by atoms with Gasteiger partial charge in [0.25, 0.3) is 0 Å². The summed E-state index contributed by atoms with van der Waals surface area (Å²) in [6, 6.07) is 9.26. The zero-order chi connectivity index (χ0) is 15.9. The third kappa shape index (κ3) is 5.20. The Kier molecular flexibility index (Phi) is 6.31. The highest BCUT2D eigenvalue weighted by Crippen LogP contribution is 2.19. The fourth-order valence-corrected chi connectivity index (χ4v) is 3.51. The fourth-order valence-electron chi connectivity index (χ4n) is 3.51. The number of hydrogen-bond donors (Lipinski definition) is 1. The van der Waals surface area contributed by atoms with Crippen LogP contribution in [0.3, 0.4) is 0 Å². The van der Waals surface area contributed by atoms with Crippen LogP contribution < -0.4 is 10.1 Å². The lowest BCUT2D eigenvalue weighted by Crippen LogP contribution is -2.31. The average Bonchev–Trinajstić information content (AvgIpc) is 2.94. The van der Waals surface area contributed by atoms with Crippen LogP contribution in [-0.4, -0.2) is 50.4 Å². The van der Waals surface area contributed by atoms with Crippen molar-refractivity contribution in [3.05, 3.63) is 29.8 Å². The zero-order valence-electron chi connectivity index (χ0n) is 14.3. The predicted octanol–water partition coefficient (Wildman–Crippen LogP) is 2.82. The molecule has 2 aliphatic rings. The predicted molar refractivity (Wildman–Crippen MR) is 92.9 cm³/mol. The number of rotatable bonds is 6. The van der Waals surface area contributed by atoms with E-state index in [4.69, 9.17) is 9.47 Å². The zero-order valence-corrected chi connectivity index (χ0v) is 14.3. The lowest BCUT2D eigenvalue weighted by molar-refractivity contribution is 0.0679. The molecule has 0 spiro atoms. The molecule has 0 aliphatic carbocycles. The number of benzene rings is 1. The molecule has 1 aromatic carbocycles. The Morgan fingerprint density at radius 3 is 2.78 bits per heavy atom. The van der Waals surface area contributed by atoms with Crippen molar-refractivity contribution >= 4 is 0 Å². The van der Waals surface area contributed by atoms with E-state index in [2.05, 4.69) is 41.5 Å². The van der Waals surface area contributed by atoms with E-state index in [1.165, 1.54) is 31.4 Å². The molecule has 4 heteroatoms. The van der Waals surface area contributed by atoms with Crippen LogP contribution in [0.25, 0.3) is 0 Å². The fraction of sp³-hybridized carbons (Fsp3) is 0.684. The van der Waals surface area contributed by atoms with Crippen molar-refractivity contribution in [2.24, 2.45) is 0 Å². The van der Waals surface area contributed by atoms with Gasteiger partial charge in [0.15, 0.2) is 0 Å². The molecule has 1 aromatic rings. The molecule has 2 unspecified atom stereocenters. The molecule has 0 aromatic heterocycles. The molecule has 2 saturated heterocycles. The Morgan fingerprint density at radius 1 is 1.13 bits per heavy atom. The highest BCUT2D eigenvalue weighted by atomic mass is 16.5. The van der Waals surface area contributed by atoms with Gasteiger partial charge in [-0.3, -0.25) is 4.90 Å². The maximum absolute atomic E-state index is 5.84. The van der Waals surface area contributed by atoms with Crippen molar-refractivity contribution in [3.63, 3.8) is 0 Å². The molecule has 2 aliphatic heterocycles. The van der Waals surface area contributed by atoms with Gasteiger partial charge in [-0.15, -0.1) is 0 Å². The summed E-state index contributed by atoms with van der Waals surface area (Å²) in [4.78, 5) is 2.50. The van der Waals surface area contributed by atoms with Crippen molar-refractivity contribution in [3.8, 4) is 5.75 Å². The Balaban J connectivity index is 1.46. The normalized spacial score (nSPS) is 25.5. The van der Waals surface area contributed by atoms with Crippen LogP contribution in [0, 0.1) is 0 Å². The topological polar surface area (TPSA) is 33.7 Å². The molecule has 0 radical (unpaired) electrons. The lowest BCUT2D eigenvalue weighted by Gasteiger charge is -2.27. The summed E-state index contributed by atoms with van der Waals surface area (Å²) >= 11 is 0. The van der Waals surface area contributed by atoms with Gasteiger partial charge in [0.1, 0.15) is 12.4 Å². The molecule has 128 valence electrons. The second-order valence-corrected chi connectivity index (χ2v) is 6.84. The van der Waals surface area contributed by atoms with E-state index in [0.29, 0.717) is 12.6 Å². The molecule has 0 amide bonds. The Morgan fingerprint density at radius 2 is 2.00 bits per heavy atom. The van der Waals surface area contributed by atoms with Crippen LogP contribution in [0.5, 0.6) is 5.75 Å². The maximum atomic E-state index is 5.84. The summed E-state index contributed by atoms with van der Waals surface area (Å²) in [5.74, 6) is 0.950. The van der Waals surface area contributed by atoms with Gasteiger partial charge in [-0.1, -0.05) is 12.1 Å². The Bertz CT molecular complexity index is 449. The summed E-state index contributed by atoms with van der Waals surface area (Å²) in [6.45, 7) is 4.88. The van der Waals surface area contributed by atoms with E-state index in [-0.39, 0.29) is 6.10 Å². The summed E-state index contributed by atoms with van der Waals surface area (Å²) in [6.07, 6.45) is 6.40. The molecule has 4 nitrogen and oxygen atoms in total. The van der Waals surface area contributed by atoms with Crippen molar-refractivity contribution in [2.45, 2.75) is 50.8 Å². The minimum atomic E-state index is 0.282. The Hall–Kier alpha value is -1.10. The summed E-state index contributed by atoms with van der Waals surface area (Å²) in [5.41, 5.74) is 1.36. The minimum absolute atomic E-state index is 0.282. The maximum Gasteiger partial charge on any atom is 0.119 e. The molecule has 2 atom stereocenters. The molecule has 23 heavy (non-hydrogen) atoms. The van der Waals surface area contributed by atoms with E-state index >= 15 is 0 Å². The smallest absolute Gasteiger partial charge is 0.119 e. The molecule has 0 saturated carbocycles. The quantitative estimate of drug-likeness (QED) is 0.874. The Labute approximate surface area is 140 Å². The molecular formula is C19H30N2O2. The van der Waals surface area contributed by atoms with Crippen LogP contribution in [-0.2, 0) is 11.3 Å².